The van der Waals surface area contributed by atoms with E-state index in [1.165, 1.54) is 11.5 Å². The van der Waals surface area contributed by atoms with Crippen molar-refractivity contribution in [1.29, 1.82) is 0 Å². The maximum absolute atomic E-state index is 12.6. The molecule has 0 aliphatic carbocycles. The Morgan fingerprint density at radius 1 is 0.964 bits per heavy atom. The van der Waals surface area contributed by atoms with E-state index in [1.54, 1.807) is 27.4 Å². The zero-order valence-corrected chi connectivity index (χ0v) is 17.0. The van der Waals surface area contributed by atoms with Crippen LogP contribution >= 0.6 is 11.5 Å². The van der Waals surface area contributed by atoms with Gasteiger partial charge in [-0.05, 0) is 66.5 Å². The van der Waals surface area contributed by atoms with Crippen LogP contribution in [0.3, 0.4) is 0 Å². The van der Waals surface area contributed by atoms with Gasteiger partial charge in [0.15, 0.2) is 11.5 Å². The number of benzene rings is 2. The van der Waals surface area contributed by atoms with Gasteiger partial charge in [0, 0.05) is 5.56 Å². The normalized spacial score (nSPS) is 11.6. The molecule has 0 saturated carbocycles. The molecule has 0 spiro atoms. The smallest absolute Gasteiger partial charge is 0.263 e. The Balaban J connectivity index is 1.71. The lowest BCUT2D eigenvalue weighted by atomic mass is 10.1. The van der Waals surface area contributed by atoms with Crippen LogP contribution in [0, 0.1) is 0 Å². The summed E-state index contributed by atoms with van der Waals surface area (Å²) in [7, 11) is 4.80. The van der Waals surface area contributed by atoms with Gasteiger partial charge in [-0.1, -0.05) is 6.07 Å². The Hall–Kier alpha value is -3.06. The van der Waals surface area contributed by atoms with E-state index in [0.29, 0.717) is 16.4 Å². The van der Waals surface area contributed by atoms with Gasteiger partial charge in [0.1, 0.15) is 10.6 Å². The van der Waals surface area contributed by atoms with Gasteiger partial charge in [-0.2, -0.15) is 4.37 Å². The number of nitrogens with one attached hydrogen (secondary N) is 1. The Morgan fingerprint density at radius 2 is 1.68 bits per heavy atom. The predicted molar refractivity (Wildman–Crippen MR) is 110 cm³/mol. The molecule has 0 bridgehead atoms. The predicted octanol–water partition coefficient (Wildman–Crippen LogP) is 4.33. The van der Waals surface area contributed by atoms with Crippen molar-refractivity contribution in [2.45, 2.75) is 13.0 Å². The van der Waals surface area contributed by atoms with Gasteiger partial charge in [0.05, 0.1) is 33.1 Å². The number of amides is 1. The number of rotatable bonds is 7. The quantitative estimate of drug-likeness (QED) is 0.642. The number of hydrogen-bond donors (Lipinski definition) is 1. The number of carbonyl (C=O) groups excluding carboxylic acids is 1. The Labute approximate surface area is 168 Å². The molecule has 0 saturated heterocycles. The molecule has 1 unspecified atom stereocenters. The van der Waals surface area contributed by atoms with Gasteiger partial charge in [0.2, 0.25) is 0 Å². The summed E-state index contributed by atoms with van der Waals surface area (Å²) in [5.74, 6) is 1.89. The van der Waals surface area contributed by atoms with E-state index >= 15 is 0 Å². The number of carbonyl (C=O) groups is 1. The summed E-state index contributed by atoms with van der Waals surface area (Å²) in [6.45, 7) is 1.92. The van der Waals surface area contributed by atoms with Crippen molar-refractivity contribution in [2.75, 3.05) is 21.3 Å². The SMILES string of the molecule is COc1ccc(-c2cc(C(=O)NC(C)c3ccc(OC)c(OC)c3)sn2)cc1. The second-order valence-corrected chi connectivity index (χ2v) is 6.92. The average Bonchev–Trinajstić information content (AvgIpc) is 3.23. The third-order valence-electron chi connectivity index (χ3n) is 4.37. The summed E-state index contributed by atoms with van der Waals surface area (Å²) in [4.78, 5) is 13.2. The van der Waals surface area contributed by atoms with Gasteiger partial charge in [-0.25, -0.2) is 0 Å². The van der Waals surface area contributed by atoms with Crippen LogP contribution in [0.5, 0.6) is 17.2 Å². The van der Waals surface area contributed by atoms with Crippen molar-refractivity contribution in [2.24, 2.45) is 0 Å². The minimum atomic E-state index is -0.196. The van der Waals surface area contributed by atoms with Crippen LogP contribution in [0.4, 0.5) is 0 Å². The molecule has 0 aliphatic heterocycles. The molecule has 1 amide bonds. The molecule has 1 aromatic heterocycles. The number of ether oxygens (including phenoxy) is 3. The lowest BCUT2D eigenvalue weighted by Gasteiger charge is -2.16. The maximum atomic E-state index is 12.6. The molecule has 7 heteroatoms. The molecule has 3 aromatic rings. The van der Waals surface area contributed by atoms with Crippen molar-refractivity contribution in [3.05, 3.63) is 59.0 Å². The van der Waals surface area contributed by atoms with E-state index in [2.05, 4.69) is 9.69 Å². The van der Waals surface area contributed by atoms with Crippen LogP contribution in [-0.4, -0.2) is 31.6 Å². The van der Waals surface area contributed by atoms with Crippen LogP contribution in [0.25, 0.3) is 11.3 Å². The van der Waals surface area contributed by atoms with Crippen molar-refractivity contribution in [1.82, 2.24) is 9.69 Å². The minimum absolute atomic E-state index is 0.167. The second kappa shape index (κ2) is 8.75. The summed E-state index contributed by atoms with van der Waals surface area (Å²) < 4.78 is 20.1. The number of methoxy groups -OCH3 is 3. The standard InChI is InChI=1S/C21H22N2O4S/c1-13(15-7-10-18(26-3)19(11-15)27-4)22-21(24)20-12-17(23-28-20)14-5-8-16(25-2)9-6-14/h5-13H,1-4H3,(H,22,24). The Morgan fingerprint density at radius 3 is 2.32 bits per heavy atom. The van der Waals surface area contributed by atoms with Crippen molar-refractivity contribution in [3.63, 3.8) is 0 Å². The monoisotopic (exact) mass is 398 g/mol. The molecule has 6 nitrogen and oxygen atoms in total. The van der Waals surface area contributed by atoms with Crippen LogP contribution < -0.4 is 19.5 Å². The fourth-order valence-corrected chi connectivity index (χ4v) is 3.41. The topological polar surface area (TPSA) is 69.7 Å². The largest absolute Gasteiger partial charge is 0.497 e. The second-order valence-electron chi connectivity index (χ2n) is 6.11. The van der Waals surface area contributed by atoms with E-state index in [-0.39, 0.29) is 11.9 Å². The third kappa shape index (κ3) is 4.26. The molecular weight excluding hydrogens is 376 g/mol. The third-order valence-corrected chi connectivity index (χ3v) is 5.16. The van der Waals surface area contributed by atoms with E-state index in [0.717, 1.165) is 22.6 Å². The van der Waals surface area contributed by atoms with Gasteiger partial charge in [-0.15, -0.1) is 0 Å². The molecule has 146 valence electrons. The minimum Gasteiger partial charge on any atom is -0.497 e. The molecular formula is C21H22N2O4S. The number of aromatic nitrogens is 1. The summed E-state index contributed by atoms with van der Waals surface area (Å²) in [5.41, 5.74) is 2.62. The average molecular weight is 398 g/mol. The molecule has 0 radical (unpaired) electrons. The highest BCUT2D eigenvalue weighted by atomic mass is 32.1. The summed E-state index contributed by atoms with van der Waals surface area (Å²) in [5, 5.41) is 3.00. The van der Waals surface area contributed by atoms with E-state index in [1.807, 2.05) is 49.4 Å². The van der Waals surface area contributed by atoms with E-state index < -0.39 is 0 Å². The number of nitrogens with zero attached hydrogens (tertiary/aromatic N) is 1. The highest BCUT2D eigenvalue weighted by molar-refractivity contribution is 7.08. The first-order chi connectivity index (χ1) is 13.5. The Bertz CT molecular complexity index is 953. The number of hydrogen-bond acceptors (Lipinski definition) is 6. The van der Waals surface area contributed by atoms with Gasteiger partial charge in [-0.3, -0.25) is 4.79 Å². The summed E-state index contributed by atoms with van der Waals surface area (Å²) in [6.07, 6.45) is 0. The molecule has 1 atom stereocenters. The molecule has 0 aliphatic rings. The maximum Gasteiger partial charge on any atom is 0.263 e. The molecule has 1 heterocycles. The highest BCUT2D eigenvalue weighted by Gasteiger charge is 2.16. The van der Waals surface area contributed by atoms with Gasteiger partial charge in [0.25, 0.3) is 5.91 Å². The fourth-order valence-electron chi connectivity index (χ4n) is 2.75. The zero-order chi connectivity index (χ0) is 20.1. The lowest BCUT2D eigenvalue weighted by molar-refractivity contribution is 0.0944. The van der Waals surface area contributed by atoms with Crippen LogP contribution in [0.2, 0.25) is 0 Å². The van der Waals surface area contributed by atoms with Crippen LogP contribution in [0.1, 0.15) is 28.2 Å². The summed E-state index contributed by atoms with van der Waals surface area (Å²) >= 11 is 1.18. The molecule has 0 fully saturated rings. The van der Waals surface area contributed by atoms with Crippen molar-refractivity contribution < 1.29 is 19.0 Å². The molecule has 3 rings (SSSR count). The first-order valence-electron chi connectivity index (χ1n) is 8.69. The summed E-state index contributed by atoms with van der Waals surface area (Å²) in [6, 6.07) is 14.8. The molecule has 2 aromatic carbocycles. The van der Waals surface area contributed by atoms with Crippen LogP contribution in [0.15, 0.2) is 48.5 Å². The van der Waals surface area contributed by atoms with Gasteiger partial charge < -0.3 is 19.5 Å². The fraction of sp³-hybridized carbons (Fsp3) is 0.238. The zero-order valence-electron chi connectivity index (χ0n) is 16.2. The van der Waals surface area contributed by atoms with Gasteiger partial charge >= 0.3 is 0 Å². The Kier molecular flexibility index (Phi) is 6.16. The highest BCUT2D eigenvalue weighted by Crippen LogP contribution is 2.30. The van der Waals surface area contributed by atoms with E-state index in [9.17, 15) is 4.79 Å². The van der Waals surface area contributed by atoms with E-state index in [4.69, 9.17) is 14.2 Å². The molecule has 1 N–H and O–H groups in total. The first kappa shape index (κ1) is 19.7. The molecule has 28 heavy (non-hydrogen) atoms. The van der Waals surface area contributed by atoms with Crippen molar-refractivity contribution >= 4 is 17.4 Å². The van der Waals surface area contributed by atoms with Crippen LogP contribution in [-0.2, 0) is 0 Å². The van der Waals surface area contributed by atoms with Crippen molar-refractivity contribution in [3.8, 4) is 28.5 Å². The lowest BCUT2D eigenvalue weighted by Crippen LogP contribution is -2.25. The first-order valence-corrected chi connectivity index (χ1v) is 9.47.